The SMILES string of the molecule is C=C(c1ccc2c(c1)c1ccccc1n2-c1ccccc1)c1c(/C=C\C)n(-c2ccccc2)c2ccc3c(c4ccccc4n3-c3ccccc3)c12. The number of hydrogen-bond acceptors (Lipinski definition) is 0. The van der Waals surface area contributed by atoms with Crippen LogP contribution in [0.5, 0.6) is 0 Å². The van der Waals surface area contributed by atoms with Gasteiger partial charge in [0.2, 0.25) is 0 Å². The number of rotatable bonds is 6. The second-order valence-electron chi connectivity index (χ2n) is 13.4. The number of benzene rings is 7. The molecule has 10 rings (SSSR count). The summed E-state index contributed by atoms with van der Waals surface area (Å²) >= 11 is 0. The van der Waals surface area contributed by atoms with Gasteiger partial charge in [0.15, 0.2) is 0 Å². The molecule has 0 amide bonds. The maximum absolute atomic E-state index is 4.94. The topological polar surface area (TPSA) is 14.8 Å². The van der Waals surface area contributed by atoms with Crippen molar-refractivity contribution in [2.75, 3.05) is 0 Å². The van der Waals surface area contributed by atoms with Gasteiger partial charge in [0.1, 0.15) is 0 Å². The van der Waals surface area contributed by atoms with E-state index in [0.717, 1.165) is 45.0 Å². The van der Waals surface area contributed by atoms with Crippen LogP contribution in [0.1, 0.15) is 23.7 Å². The van der Waals surface area contributed by atoms with Crippen molar-refractivity contribution in [1.29, 1.82) is 0 Å². The Hall–Kier alpha value is -6.84. The Morgan fingerprint density at radius 3 is 1.52 bits per heavy atom. The van der Waals surface area contributed by atoms with E-state index in [-0.39, 0.29) is 0 Å². The molecule has 3 heterocycles. The molecule has 0 N–H and O–H groups in total. The van der Waals surface area contributed by atoms with E-state index in [2.05, 4.69) is 203 Å². The molecule has 0 bridgehead atoms. The minimum absolute atomic E-state index is 0.996. The lowest BCUT2D eigenvalue weighted by atomic mass is 9.93. The summed E-state index contributed by atoms with van der Waals surface area (Å²) in [6.45, 7) is 7.04. The Morgan fingerprint density at radius 2 is 0.904 bits per heavy atom. The summed E-state index contributed by atoms with van der Waals surface area (Å²) in [5, 5.41) is 6.10. The van der Waals surface area contributed by atoms with E-state index >= 15 is 0 Å². The van der Waals surface area contributed by atoms with Gasteiger partial charge in [0, 0.05) is 49.6 Å². The number of allylic oxidation sites excluding steroid dienone is 1. The van der Waals surface area contributed by atoms with Gasteiger partial charge in [0.05, 0.1) is 33.3 Å². The lowest BCUT2D eigenvalue weighted by Crippen LogP contribution is -1.98. The van der Waals surface area contributed by atoms with Crippen LogP contribution in [0.15, 0.2) is 183 Å². The van der Waals surface area contributed by atoms with Crippen LogP contribution >= 0.6 is 0 Å². The molecule has 0 fully saturated rings. The van der Waals surface area contributed by atoms with E-state index in [4.69, 9.17) is 6.58 Å². The highest BCUT2D eigenvalue weighted by Crippen LogP contribution is 2.45. The van der Waals surface area contributed by atoms with Gasteiger partial charge in [-0.25, -0.2) is 0 Å². The second-order valence-corrected chi connectivity index (χ2v) is 13.4. The molecule has 0 aliphatic rings. The molecule has 0 spiro atoms. The van der Waals surface area contributed by atoms with Crippen LogP contribution in [-0.4, -0.2) is 13.7 Å². The summed E-state index contributed by atoms with van der Waals surface area (Å²) in [7, 11) is 0. The Morgan fingerprint density at radius 1 is 0.442 bits per heavy atom. The maximum atomic E-state index is 4.94. The molecule has 0 atom stereocenters. The Balaban J connectivity index is 1.32. The van der Waals surface area contributed by atoms with Crippen LogP contribution < -0.4 is 0 Å². The smallest absolute Gasteiger partial charge is 0.0549 e. The number of fused-ring (bicyclic) bond motifs is 8. The third-order valence-corrected chi connectivity index (χ3v) is 10.5. The molecule has 0 aliphatic heterocycles. The number of aromatic nitrogens is 3. The first-order valence-electron chi connectivity index (χ1n) is 17.9. The van der Waals surface area contributed by atoms with Crippen molar-refractivity contribution in [3.8, 4) is 17.1 Å². The van der Waals surface area contributed by atoms with Gasteiger partial charge >= 0.3 is 0 Å². The third kappa shape index (κ3) is 4.39. The van der Waals surface area contributed by atoms with Crippen molar-refractivity contribution in [1.82, 2.24) is 13.7 Å². The molecule has 0 saturated carbocycles. The van der Waals surface area contributed by atoms with Crippen molar-refractivity contribution in [2.24, 2.45) is 0 Å². The lowest BCUT2D eigenvalue weighted by molar-refractivity contribution is 1.10. The molecule has 52 heavy (non-hydrogen) atoms. The average Bonchev–Trinajstić information content (AvgIpc) is 3.84. The fourth-order valence-corrected chi connectivity index (χ4v) is 8.35. The summed E-state index contributed by atoms with van der Waals surface area (Å²) in [4.78, 5) is 0. The molecule has 246 valence electrons. The van der Waals surface area contributed by atoms with Gasteiger partial charge in [-0.2, -0.15) is 0 Å². The number of hydrogen-bond donors (Lipinski definition) is 0. The Labute approximate surface area is 302 Å². The lowest BCUT2D eigenvalue weighted by Gasteiger charge is -2.12. The largest absolute Gasteiger partial charge is 0.309 e. The normalized spacial score (nSPS) is 11.9. The van der Waals surface area contributed by atoms with E-state index in [9.17, 15) is 0 Å². The van der Waals surface area contributed by atoms with Crippen LogP contribution in [0.25, 0.3) is 83.2 Å². The zero-order valence-electron chi connectivity index (χ0n) is 28.9. The zero-order valence-corrected chi connectivity index (χ0v) is 28.9. The number of para-hydroxylation sites is 5. The van der Waals surface area contributed by atoms with Gasteiger partial charge in [-0.3, -0.25) is 0 Å². The predicted molar refractivity (Wildman–Crippen MR) is 221 cm³/mol. The summed E-state index contributed by atoms with van der Waals surface area (Å²) in [6.07, 6.45) is 4.39. The monoisotopic (exact) mass is 665 g/mol. The molecule has 3 aromatic heterocycles. The number of nitrogens with zero attached hydrogens (tertiary/aromatic N) is 3. The van der Waals surface area contributed by atoms with Gasteiger partial charge in [-0.1, -0.05) is 110 Å². The van der Waals surface area contributed by atoms with Crippen LogP contribution in [0, 0.1) is 0 Å². The molecule has 0 radical (unpaired) electrons. The van der Waals surface area contributed by atoms with Crippen molar-refractivity contribution >= 4 is 66.2 Å². The molecule has 0 saturated heterocycles. The van der Waals surface area contributed by atoms with Gasteiger partial charge in [-0.05, 0) is 96.9 Å². The molecule has 0 unspecified atom stereocenters. The summed E-state index contributed by atoms with van der Waals surface area (Å²) in [6, 6.07) is 61.0. The van der Waals surface area contributed by atoms with E-state index < -0.39 is 0 Å². The first-order valence-corrected chi connectivity index (χ1v) is 17.9. The molecule has 7 aromatic carbocycles. The Bertz CT molecular complexity index is 3010. The molecule has 0 aliphatic carbocycles. The molecule has 3 nitrogen and oxygen atoms in total. The van der Waals surface area contributed by atoms with Gasteiger partial charge in [-0.15, -0.1) is 0 Å². The highest BCUT2D eigenvalue weighted by atomic mass is 15.0. The average molecular weight is 666 g/mol. The van der Waals surface area contributed by atoms with E-state index in [1.54, 1.807) is 0 Å². The van der Waals surface area contributed by atoms with Crippen LogP contribution in [-0.2, 0) is 0 Å². The van der Waals surface area contributed by atoms with E-state index in [0.29, 0.717) is 0 Å². The van der Waals surface area contributed by atoms with Crippen molar-refractivity contribution in [3.05, 3.63) is 199 Å². The third-order valence-electron chi connectivity index (χ3n) is 10.5. The molecular formula is C49H35N3. The summed E-state index contributed by atoms with van der Waals surface area (Å²) < 4.78 is 7.17. The minimum Gasteiger partial charge on any atom is -0.309 e. The fourth-order valence-electron chi connectivity index (χ4n) is 8.35. The van der Waals surface area contributed by atoms with Crippen LogP contribution in [0.3, 0.4) is 0 Å². The standard InChI is InChI=1S/C49H35N3/c1-3-17-44-47(33(2)34-28-29-43-40(32-34)38-24-13-15-26-41(38)50(43)35-18-7-4-8-19-35)49-46(52(44)37-22-11-6-12-23-37)31-30-45-48(49)39-25-14-16-27-42(39)51(45)36-20-9-5-10-21-36/h3-32H,2H2,1H3/b17-3-. The van der Waals surface area contributed by atoms with Crippen LogP contribution in [0.2, 0.25) is 0 Å². The molecule has 3 heteroatoms. The van der Waals surface area contributed by atoms with E-state index in [1.165, 1.54) is 49.0 Å². The van der Waals surface area contributed by atoms with Gasteiger partial charge < -0.3 is 13.7 Å². The molecular weight excluding hydrogens is 631 g/mol. The minimum atomic E-state index is 0.996. The van der Waals surface area contributed by atoms with Gasteiger partial charge in [0.25, 0.3) is 0 Å². The van der Waals surface area contributed by atoms with Crippen molar-refractivity contribution in [2.45, 2.75) is 6.92 Å². The summed E-state index contributed by atoms with van der Waals surface area (Å²) in [5.41, 5.74) is 13.6. The predicted octanol–water partition coefficient (Wildman–Crippen LogP) is 12.9. The first kappa shape index (κ1) is 30.0. The second kappa shape index (κ2) is 11.9. The van der Waals surface area contributed by atoms with Crippen molar-refractivity contribution < 1.29 is 0 Å². The zero-order chi connectivity index (χ0) is 34.8. The van der Waals surface area contributed by atoms with E-state index in [1.807, 2.05) is 0 Å². The highest BCUT2D eigenvalue weighted by Gasteiger charge is 2.25. The first-order chi connectivity index (χ1) is 25.7. The van der Waals surface area contributed by atoms with Crippen molar-refractivity contribution in [3.63, 3.8) is 0 Å². The Kier molecular flexibility index (Phi) is 6.87. The summed E-state index contributed by atoms with van der Waals surface area (Å²) in [5.74, 6) is 0. The molecule has 10 aromatic rings. The van der Waals surface area contributed by atoms with Crippen LogP contribution in [0.4, 0.5) is 0 Å². The maximum Gasteiger partial charge on any atom is 0.0549 e. The highest BCUT2D eigenvalue weighted by molar-refractivity contribution is 6.25. The quantitative estimate of drug-likeness (QED) is 0.168. The fraction of sp³-hybridized carbons (Fsp3) is 0.0204.